The SMILES string of the molecule is CCNC(Cc1ccc(OC)c(OC)c1)C1C2CCCC21. The molecule has 3 heteroatoms. The average molecular weight is 289 g/mol. The van der Waals surface area contributed by atoms with Crippen molar-refractivity contribution in [3.63, 3.8) is 0 Å². The monoisotopic (exact) mass is 289 g/mol. The van der Waals surface area contributed by atoms with E-state index < -0.39 is 0 Å². The second-order valence-electron chi connectivity index (χ2n) is 6.39. The Labute approximate surface area is 128 Å². The summed E-state index contributed by atoms with van der Waals surface area (Å²) in [6.07, 6.45) is 5.43. The van der Waals surface area contributed by atoms with Gasteiger partial charge in [0.05, 0.1) is 14.2 Å². The van der Waals surface area contributed by atoms with Gasteiger partial charge in [-0.25, -0.2) is 0 Å². The van der Waals surface area contributed by atoms with Crippen LogP contribution in [0.4, 0.5) is 0 Å². The van der Waals surface area contributed by atoms with E-state index in [1.807, 2.05) is 6.07 Å². The number of ether oxygens (including phenoxy) is 2. The van der Waals surface area contributed by atoms with Gasteiger partial charge in [-0.3, -0.25) is 0 Å². The molecule has 0 aliphatic heterocycles. The molecule has 1 aromatic carbocycles. The summed E-state index contributed by atoms with van der Waals surface area (Å²) in [5.74, 6) is 4.53. The number of rotatable bonds is 7. The third-order valence-corrected chi connectivity index (χ3v) is 5.31. The summed E-state index contributed by atoms with van der Waals surface area (Å²) in [5.41, 5.74) is 1.34. The summed E-state index contributed by atoms with van der Waals surface area (Å²) in [4.78, 5) is 0. The van der Waals surface area contributed by atoms with Gasteiger partial charge in [0.25, 0.3) is 0 Å². The molecule has 2 fully saturated rings. The van der Waals surface area contributed by atoms with E-state index in [2.05, 4.69) is 24.4 Å². The number of fused-ring (bicyclic) bond motifs is 1. The molecule has 0 spiro atoms. The van der Waals surface area contributed by atoms with Crippen LogP contribution < -0.4 is 14.8 Å². The van der Waals surface area contributed by atoms with Crippen LogP contribution in [0.2, 0.25) is 0 Å². The first kappa shape index (κ1) is 14.7. The highest BCUT2D eigenvalue weighted by Crippen LogP contribution is 2.59. The lowest BCUT2D eigenvalue weighted by molar-refractivity contribution is 0.353. The molecule has 3 nitrogen and oxygen atoms in total. The van der Waals surface area contributed by atoms with Gasteiger partial charge in [0.15, 0.2) is 11.5 Å². The Morgan fingerprint density at radius 3 is 2.48 bits per heavy atom. The van der Waals surface area contributed by atoms with E-state index in [1.54, 1.807) is 14.2 Å². The van der Waals surface area contributed by atoms with Crippen molar-refractivity contribution in [2.75, 3.05) is 20.8 Å². The fraction of sp³-hybridized carbons (Fsp3) is 0.667. The minimum absolute atomic E-state index is 0.614. The van der Waals surface area contributed by atoms with Crippen molar-refractivity contribution < 1.29 is 9.47 Å². The van der Waals surface area contributed by atoms with Crippen molar-refractivity contribution in [2.24, 2.45) is 17.8 Å². The summed E-state index contributed by atoms with van der Waals surface area (Å²) in [5, 5.41) is 3.72. The summed E-state index contributed by atoms with van der Waals surface area (Å²) in [6, 6.07) is 6.93. The predicted molar refractivity (Wildman–Crippen MR) is 85.0 cm³/mol. The van der Waals surface area contributed by atoms with E-state index in [0.29, 0.717) is 6.04 Å². The van der Waals surface area contributed by atoms with E-state index in [9.17, 15) is 0 Å². The minimum atomic E-state index is 0.614. The first-order chi connectivity index (χ1) is 10.3. The zero-order valence-corrected chi connectivity index (χ0v) is 13.4. The van der Waals surface area contributed by atoms with Crippen molar-refractivity contribution in [3.05, 3.63) is 23.8 Å². The molecule has 0 heterocycles. The van der Waals surface area contributed by atoms with Gasteiger partial charge in [0, 0.05) is 6.04 Å². The average Bonchev–Trinajstić information content (AvgIpc) is 2.98. The van der Waals surface area contributed by atoms with Gasteiger partial charge in [-0.15, -0.1) is 0 Å². The quantitative estimate of drug-likeness (QED) is 0.835. The Bertz CT molecular complexity index is 478. The Morgan fingerprint density at radius 2 is 1.86 bits per heavy atom. The molecule has 2 aliphatic rings. The van der Waals surface area contributed by atoms with Gasteiger partial charge in [-0.05, 0) is 61.3 Å². The van der Waals surface area contributed by atoms with Crippen LogP contribution in [0.3, 0.4) is 0 Å². The Kier molecular flexibility index (Phi) is 4.39. The summed E-state index contributed by atoms with van der Waals surface area (Å²) in [6.45, 7) is 3.26. The second kappa shape index (κ2) is 6.27. The van der Waals surface area contributed by atoms with Crippen LogP contribution in [-0.4, -0.2) is 26.8 Å². The van der Waals surface area contributed by atoms with E-state index in [1.165, 1.54) is 24.8 Å². The Morgan fingerprint density at radius 1 is 1.14 bits per heavy atom. The lowest BCUT2D eigenvalue weighted by Crippen LogP contribution is -2.34. The summed E-state index contributed by atoms with van der Waals surface area (Å²) in [7, 11) is 3.39. The fourth-order valence-corrected chi connectivity index (χ4v) is 4.34. The maximum atomic E-state index is 5.42. The smallest absolute Gasteiger partial charge is 0.160 e. The molecule has 2 saturated carbocycles. The van der Waals surface area contributed by atoms with Crippen LogP contribution >= 0.6 is 0 Å². The summed E-state index contributed by atoms with van der Waals surface area (Å²) >= 11 is 0. The Hall–Kier alpha value is -1.22. The first-order valence-electron chi connectivity index (χ1n) is 8.22. The molecular weight excluding hydrogens is 262 g/mol. The van der Waals surface area contributed by atoms with Crippen LogP contribution in [0.15, 0.2) is 18.2 Å². The van der Waals surface area contributed by atoms with Gasteiger partial charge in [0.1, 0.15) is 0 Å². The topological polar surface area (TPSA) is 30.5 Å². The lowest BCUT2D eigenvalue weighted by Gasteiger charge is -2.20. The molecule has 0 saturated heterocycles. The zero-order valence-electron chi connectivity index (χ0n) is 13.4. The number of hydrogen-bond donors (Lipinski definition) is 1. The molecule has 0 aromatic heterocycles. The highest BCUT2D eigenvalue weighted by molar-refractivity contribution is 5.43. The molecule has 1 N–H and O–H groups in total. The molecule has 0 radical (unpaired) electrons. The third-order valence-electron chi connectivity index (χ3n) is 5.31. The molecule has 116 valence electrons. The molecular formula is C18H27NO2. The standard InChI is InChI=1S/C18H27NO2/c1-4-19-15(18-13-6-5-7-14(13)18)10-12-8-9-16(20-2)17(11-12)21-3/h8-9,11,13-15,18-19H,4-7,10H2,1-3H3. The number of nitrogens with one attached hydrogen (secondary N) is 1. The van der Waals surface area contributed by atoms with E-state index in [0.717, 1.165) is 42.2 Å². The molecule has 2 aliphatic carbocycles. The zero-order chi connectivity index (χ0) is 14.8. The molecule has 3 unspecified atom stereocenters. The fourth-order valence-electron chi connectivity index (χ4n) is 4.34. The van der Waals surface area contributed by atoms with Crippen molar-refractivity contribution in [1.29, 1.82) is 0 Å². The van der Waals surface area contributed by atoms with Crippen LogP contribution in [0, 0.1) is 17.8 Å². The van der Waals surface area contributed by atoms with Gasteiger partial charge in [0.2, 0.25) is 0 Å². The van der Waals surface area contributed by atoms with Crippen molar-refractivity contribution in [2.45, 2.75) is 38.6 Å². The molecule has 21 heavy (non-hydrogen) atoms. The van der Waals surface area contributed by atoms with Crippen molar-refractivity contribution in [3.8, 4) is 11.5 Å². The predicted octanol–water partition coefficient (Wildman–Crippen LogP) is 3.27. The van der Waals surface area contributed by atoms with Crippen LogP contribution in [0.1, 0.15) is 31.7 Å². The molecule has 1 aromatic rings. The lowest BCUT2D eigenvalue weighted by atomic mass is 9.97. The third kappa shape index (κ3) is 2.89. The molecule has 3 atom stereocenters. The van der Waals surface area contributed by atoms with Gasteiger partial charge < -0.3 is 14.8 Å². The first-order valence-corrected chi connectivity index (χ1v) is 8.22. The van der Waals surface area contributed by atoms with Gasteiger partial charge >= 0.3 is 0 Å². The maximum absolute atomic E-state index is 5.42. The molecule has 0 amide bonds. The van der Waals surface area contributed by atoms with Crippen molar-refractivity contribution in [1.82, 2.24) is 5.32 Å². The normalized spacial score (nSPS) is 28.0. The number of benzene rings is 1. The van der Waals surface area contributed by atoms with Crippen LogP contribution in [-0.2, 0) is 6.42 Å². The number of hydrogen-bond acceptors (Lipinski definition) is 3. The number of likely N-dealkylation sites (N-methyl/N-ethyl adjacent to an activating group) is 1. The summed E-state index contributed by atoms with van der Waals surface area (Å²) < 4.78 is 10.7. The largest absolute Gasteiger partial charge is 0.493 e. The van der Waals surface area contributed by atoms with Crippen LogP contribution in [0.5, 0.6) is 11.5 Å². The van der Waals surface area contributed by atoms with Crippen LogP contribution in [0.25, 0.3) is 0 Å². The second-order valence-corrected chi connectivity index (χ2v) is 6.39. The molecule has 3 rings (SSSR count). The van der Waals surface area contributed by atoms with E-state index >= 15 is 0 Å². The van der Waals surface area contributed by atoms with Gasteiger partial charge in [-0.1, -0.05) is 19.4 Å². The minimum Gasteiger partial charge on any atom is -0.493 e. The van der Waals surface area contributed by atoms with Crippen molar-refractivity contribution >= 4 is 0 Å². The highest BCUT2D eigenvalue weighted by Gasteiger charge is 2.55. The maximum Gasteiger partial charge on any atom is 0.160 e. The highest BCUT2D eigenvalue weighted by atomic mass is 16.5. The molecule has 0 bridgehead atoms. The Balaban J connectivity index is 1.71. The number of methoxy groups -OCH3 is 2. The van der Waals surface area contributed by atoms with E-state index in [-0.39, 0.29) is 0 Å². The van der Waals surface area contributed by atoms with Gasteiger partial charge in [-0.2, -0.15) is 0 Å². The van der Waals surface area contributed by atoms with E-state index in [4.69, 9.17) is 9.47 Å².